The van der Waals surface area contributed by atoms with Crippen LogP contribution in [-0.4, -0.2) is 31.7 Å². The summed E-state index contributed by atoms with van der Waals surface area (Å²) >= 11 is 0. The highest BCUT2D eigenvalue weighted by Gasteiger charge is 2.41. The van der Waals surface area contributed by atoms with Crippen LogP contribution in [0, 0.1) is 5.41 Å². The average Bonchev–Trinajstić information content (AvgIpc) is 2.72. The summed E-state index contributed by atoms with van der Waals surface area (Å²) in [6.07, 6.45) is 1.34. The summed E-state index contributed by atoms with van der Waals surface area (Å²) in [6, 6.07) is 16.8. The van der Waals surface area contributed by atoms with Crippen molar-refractivity contribution in [2.75, 3.05) is 13.1 Å². The molecule has 5 nitrogen and oxygen atoms in total. The first-order valence-corrected chi connectivity index (χ1v) is 11.6. The first-order valence-electron chi connectivity index (χ1n) is 10.1. The molecule has 0 bridgehead atoms. The van der Waals surface area contributed by atoms with Gasteiger partial charge in [0.25, 0.3) is 0 Å². The number of hydrogen-bond acceptors (Lipinski definition) is 3. The van der Waals surface area contributed by atoms with Gasteiger partial charge in [-0.05, 0) is 48.9 Å². The van der Waals surface area contributed by atoms with Crippen molar-refractivity contribution in [2.24, 2.45) is 5.41 Å². The fraction of sp³-hybridized carbons (Fsp3) is 0.435. The number of sulfonamides is 1. The lowest BCUT2D eigenvalue weighted by Crippen LogP contribution is -2.51. The van der Waals surface area contributed by atoms with E-state index in [0.717, 1.165) is 11.1 Å². The number of benzene rings is 2. The van der Waals surface area contributed by atoms with Gasteiger partial charge in [0.1, 0.15) is 0 Å². The van der Waals surface area contributed by atoms with Crippen LogP contribution in [0.1, 0.15) is 50.7 Å². The molecule has 2 aromatic rings. The molecule has 156 valence electrons. The van der Waals surface area contributed by atoms with Gasteiger partial charge < -0.3 is 5.32 Å². The summed E-state index contributed by atoms with van der Waals surface area (Å²) in [7, 11) is -3.62. The second kappa shape index (κ2) is 8.67. The van der Waals surface area contributed by atoms with E-state index in [1.807, 2.05) is 49.4 Å². The lowest BCUT2D eigenvalue weighted by molar-refractivity contribution is -0.132. The third-order valence-electron chi connectivity index (χ3n) is 5.69. The molecule has 1 fully saturated rings. The monoisotopic (exact) mass is 414 g/mol. The standard InChI is InChI=1S/C23H30N2O3S/c1-18(2)20-10-12-21(13-11-20)29(27,28)25-15-7-14-23(3,17-25)22(26)24-16-19-8-5-4-6-9-19/h4-6,8-13,18H,7,14-17H2,1-3H3,(H,24,26)/t23-/m0/s1. The number of nitrogens with zero attached hydrogens (tertiary/aromatic N) is 1. The van der Waals surface area contributed by atoms with Crippen molar-refractivity contribution in [3.05, 3.63) is 65.7 Å². The molecule has 0 unspecified atom stereocenters. The smallest absolute Gasteiger partial charge is 0.243 e. The van der Waals surface area contributed by atoms with E-state index in [2.05, 4.69) is 19.2 Å². The van der Waals surface area contributed by atoms with Crippen molar-refractivity contribution in [1.82, 2.24) is 9.62 Å². The van der Waals surface area contributed by atoms with E-state index in [-0.39, 0.29) is 17.3 Å². The number of amides is 1. The summed E-state index contributed by atoms with van der Waals surface area (Å²) in [5.74, 6) is 0.245. The van der Waals surface area contributed by atoms with E-state index in [1.54, 1.807) is 12.1 Å². The molecular formula is C23H30N2O3S. The lowest BCUT2D eigenvalue weighted by Gasteiger charge is -2.38. The third-order valence-corrected chi connectivity index (χ3v) is 7.55. The van der Waals surface area contributed by atoms with Gasteiger partial charge in [-0.15, -0.1) is 0 Å². The topological polar surface area (TPSA) is 66.5 Å². The fourth-order valence-corrected chi connectivity index (χ4v) is 5.35. The van der Waals surface area contributed by atoms with E-state index in [1.165, 1.54) is 4.31 Å². The average molecular weight is 415 g/mol. The minimum absolute atomic E-state index is 0.101. The van der Waals surface area contributed by atoms with Crippen LogP contribution in [0.15, 0.2) is 59.5 Å². The number of carbonyl (C=O) groups is 1. The van der Waals surface area contributed by atoms with Crippen LogP contribution in [0.5, 0.6) is 0 Å². The normalized spacial score (nSPS) is 20.6. The molecule has 1 N–H and O–H groups in total. The molecule has 0 spiro atoms. The zero-order valence-corrected chi connectivity index (χ0v) is 18.2. The van der Waals surface area contributed by atoms with E-state index in [9.17, 15) is 13.2 Å². The molecule has 0 radical (unpaired) electrons. The van der Waals surface area contributed by atoms with Crippen molar-refractivity contribution < 1.29 is 13.2 Å². The molecule has 1 amide bonds. The SMILES string of the molecule is CC(C)c1ccc(S(=O)(=O)N2CCC[C@](C)(C(=O)NCc3ccccc3)C2)cc1. The Morgan fingerprint density at radius 3 is 2.38 bits per heavy atom. The molecule has 1 aliphatic heterocycles. The van der Waals surface area contributed by atoms with Crippen molar-refractivity contribution in [3.63, 3.8) is 0 Å². The predicted molar refractivity (Wildman–Crippen MR) is 115 cm³/mol. The Balaban J connectivity index is 1.71. The van der Waals surface area contributed by atoms with Gasteiger partial charge in [0.15, 0.2) is 0 Å². The second-order valence-corrected chi connectivity index (χ2v) is 10.3. The van der Waals surface area contributed by atoms with Gasteiger partial charge >= 0.3 is 0 Å². The number of hydrogen-bond donors (Lipinski definition) is 1. The maximum absolute atomic E-state index is 13.2. The van der Waals surface area contributed by atoms with Crippen LogP contribution in [0.3, 0.4) is 0 Å². The first-order chi connectivity index (χ1) is 13.7. The van der Waals surface area contributed by atoms with Gasteiger partial charge in [-0.3, -0.25) is 4.79 Å². The van der Waals surface area contributed by atoms with Crippen molar-refractivity contribution >= 4 is 15.9 Å². The van der Waals surface area contributed by atoms with Gasteiger partial charge in [-0.1, -0.05) is 56.3 Å². The zero-order chi connectivity index (χ0) is 21.1. The predicted octanol–water partition coefficient (Wildman–Crippen LogP) is 3.92. The van der Waals surface area contributed by atoms with Gasteiger partial charge in [-0.2, -0.15) is 4.31 Å². The quantitative estimate of drug-likeness (QED) is 0.779. The Labute approximate surface area is 174 Å². The van der Waals surface area contributed by atoms with Crippen molar-refractivity contribution in [1.29, 1.82) is 0 Å². The van der Waals surface area contributed by atoms with Crippen LogP contribution in [-0.2, 0) is 21.4 Å². The summed E-state index contributed by atoms with van der Waals surface area (Å²) in [6.45, 7) is 7.09. The molecule has 1 atom stereocenters. The van der Waals surface area contributed by atoms with E-state index < -0.39 is 15.4 Å². The van der Waals surface area contributed by atoms with Crippen LogP contribution in [0.4, 0.5) is 0 Å². The van der Waals surface area contributed by atoms with Gasteiger partial charge in [0, 0.05) is 19.6 Å². The van der Waals surface area contributed by atoms with Crippen LogP contribution >= 0.6 is 0 Å². The molecule has 0 aromatic heterocycles. The molecule has 0 aliphatic carbocycles. The van der Waals surface area contributed by atoms with Gasteiger partial charge in [0.2, 0.25) is 15.9 Å². The Bertz CT molecular complexity index is 940. The minimum atomic E-state index is -3.62. The van der Waals surface area contributed by atoms with Crippen LogP contribution in [0.2, 0.25) is 0 Å². The molecule has 1 saturated heterocycles. The number of carbonyl (C=O) groups excluding carboxylic acids is 1. The Kier molecular flexibility index (Phi) is 6.44. The van der Waals surface area contributed by atoms with Crippen LogP contribution < -0.4 is 5.32 Å². The highest BCUT2D eigenvalue weighted by Crippen LogP contribution is 2.33. The first kappa shape index (κ1) is 21.5. The Morgan fingerprint density at radius 2 is 1.76 bits per heavy atom. The van der Waals surface area contributed by atoms with Crippen molar-refractivity contribution in [3.8, 4) is 0 Å². The summed E-state index contributed by atoms with van der Waals surface area (Å²) < 4.78 is 27.8. The van der Waals surface area contributed by atoms with E-state index >= 15 is 0 Å². The summed E-state index contributed by atoms with van der Waals surface area (Å²) in [5, 5.41) is 2.98. The van der Waals surface area contributed by atoms with Crippen LogP contribution in [0.25, 0.3) is 0 Å². The maximum Gasteiger partial charge on any atom is 0.243 e. The molecular weight excluding hydrogens is 384 g/mol. The molecule has 1 heterocycles. The van der Waals surface area contributed by atoms with Gasteiger partial charge in [-0.25, -0.2) is 8.42 Å². The highest BCUT2D eigenvalue weighted by molar-refractivity contribution is 7.89. The second-order valence-electron chi connectivity index (χ2n) is 8.39. The fourth-order valence-electron chi connectivity index (χ4n) is 3.75. The van der Waals surface area contributed by atoms with E-state index in [0.29, 0.717) is 31.8 Å². The zero-order valence-electron chi connectivity index (χ0n) is 17.4. The lowest BCUT2D eigenvalue weighted by atomic mass is 9.82. The molecule has 29 heavy (non-hydrogen) atoms. The third kappa shape index (κ3) is 4.87. The number of piperidine rings is 1. The summed E-state index contributed by atoms with van der Waals surface area (Å²) in [4.78, 5) is 13.2. The molecule has 2 aromatic carbocycles. The highest BCUT2D eigenvalue weighted by atomic mass is 32.2. The molecule has 6 heteroatoms. The molecule has 0 saturated carbocycles. The van der Waals surface area contributed by atoms with E-state index in [4.69, 9.17) is 0 Å². The summed E-state index contributed by atoms with van der Waals surface area (Å²) in [5.41, 5.74) is 1.39. The number of nitrogens with one attached hydrogen (secondary N) is 1. The molecule has 1 aliphatic rings. The van der Waals surface area contributed by atoms with Gasteiger partial charge in [0.05, 0.1) is 10.3 Å². The molecule has 3 rings (SSSR count). The largest absolute Gasteiger partial charge is 0.352 e. The minimum Gasteiger partial charge on any atom is -0.352 e. The Morgan fingerprint density at radius 1 is 1.10 bits per heavy atom. The van der Waals surface area contributed by atoms with Crippen molar-refractivity contribution in [2.45, 2.75) is 51.0 Å². The Hall–Kier alpha value is -2.18. The number of rotatable bonds is 6. The maximum atomic E-state index is 13.2.